The molecule has 0 aromatic rings. The first-order valence-corrected chi connectivity index (χ1v) is 14.0. The average molecular weight is 524 g/mol. The van der Waals surface area contributed by atoms with Gasteiger partial charge in [-0.25, -0.2) is 0 Å². The van der Waals surface area contributed by atoms with Gasteiger partial charge >= 0.3 is 0 Å². The summed E-state index contributed by atoms with van der Waals surface area (Å²) in [5.41, 5.74) is -0.734. The van der Waals surface area contributed by atoms with E-state index in [0.29, 0.717) is 12.5 Å². The average Bonchev–Trinajstić information content (AvgIpc) is 3.07. The number of thioether (sulfide) groups is 1. The number of aliphatic hydroxyl groups is 3. The molecule has 0 saturated carbocycles. The maximum absolute atomic E-state index is 13.3. The van der Waals surface area contributed by atoms with Gasteiger partial charge in [0.05, 0.1) is 17.5 Å². The number of ether oxygens (including phenoxy) is 2. The van der Waals surface area contributed by atoms with E-state index in [9.17, 15) is 20.1 Å². The number of nitrogens with one attached hydrogen (secondary N) is 2. The van der Waals surface area contributed by atoms with Crippen LogP contribution in [0.5, 0.6) is 0 Å². The van der Waals surface area contributed by atoms with Gasteiger partial charge in [0.25, 0.3) is 0 Å². The lowest BCUT2D eigenvalue weighted by Gasteiger charge is -2.44. The highest BCUT2D eigenvalue weighted by molar-refractivity contribution is 7.99. The Labute approximate surface area is 212 Å². The summed E-state index contributed by atoms with van der Waals surface area (Å²) in [5, 5.41) is 36.7. The second-order valence-corrected chi connectivity index (χ2v) is 11.8. The molecular weight excluding hydrogens is 482 g/mol. The first kappa shape index (κ1) is 28.4. The zero-order valence-electron chi connectivity index (χ0n) is 20.6. The summed E-state index contributed by atoms with van der Waals surface area (Å²) in [6, 6.07) is -1.28. The summed E-state index contributed by atoms with van der Waals surface area (Å²) in [6.45, 7) is 4.14. The molecule has 0 aromatic heterocycles. The Balaban J connectivity index is 1.62. The highest BCUT2D eigenvalue weighted by Crippen LogP contribution is 2.34. The van der Waals surface area contributed by atoms with Crippen LogP contribution in [0.3, 0.4) is 0 Å². The SMILES string of the molecule is CSC1O[C@H]([C@H](NC(=O)[C@H]2NC[C@@H]3C[C@H](CCCN(C)C)CCO[C@H]32)[C@H](C)Cl)C(O)[C@@H](O)[C@H]1O. The first-order chi connectivity index (χ1) is 16.1. The Bertz CT molecular complexity index is 660. The van der Waals surface area contributed by atoms with Crippen molar-refractivity contribution in [3.05, 3.63) is 0 Å². The van der Waals surface area contributed by atoms with E-state index < -0.39 is 47.3 Å². The fourth-order valence-electron chi connectivity index (χ4n) is 5.43. The molecule has 0 aliphatic carbocycles. The van der Waals surface area contributed by atoms with Crippen molar-refractivity contribution in [3.63, 3.8) is 0 Å². The molecule has 3 aliphatic rings. The standard InChI is InChI=1S/C23H42ClN3O6S/c1-12(24)15(21-18(29)17(28)19(30)23(33-21)34-4)26-22(31)16-20-14(11-25-16)10-13(7-9-32-20)6-5-8-27(2)3/h12-21,23,25,28-30H,5-11H2,1-4H3,(H,26,31)/t12-,13+,14-,15+,16-,17+,18?,19+,20+,21+,23?/m0/s1. The fraction of sp³-hybridized carbons (Fsp3) is 0.957. The summed E-state index contributed by atoms with van der Waals surface area (Å²) >= 11 is 7.64. The highest BCUT2D eigenvalue weighted by atomic mass is 35.5. The van der Waals surface area contributed by atoms with Crippen molar-refractivity contribution < 1.29 is 29.6 Å². The van der Waals surface area contributed by atoms with E-state index in [-0.39, 0.29) is 17.9 Å². The maximum Gasteiger partial charge on any atom is 0.240 e. The summed E-state index contributed by atoms with van der Waals surface area (Å²) in [5.74, 6) is 0.605. The van der Waals surface area contributed by atoms with E-state index in [1.54, 1.807) is 13.2 Å². The summed E-state index contributed by atoms with van der Waals surface area (Å²) in [4.78, 5) is 15.5. The Morgan fingerprint density at radius 2 is 2.00 bits per heavy atom. The maximum atomic E-state index is 13.3. The number of nitrogens with zero attached hydrogens (tertiary/aromatic N) is 1. The number of carbonyl (C=O) groups excluding carboxylic acids is 1. The van der Waals surface area contributed by atoms with Crippen LogP contribution in [0.4, 0.5) is 0 Å². The van der Waals surface area contributed by atoms with Crippen molar-refractivity contribution in [2.75, 3.05) is 40.0 Å². The summed E-state index contributed by atoms with van der Waals surface area (Å²) < 4.78 is 12.0. The molecule has 34 heavy (non-hydrogen) atoms. The third kappa shape index (κ3) is 6.77. The summed E-state index contributed by atoms with van der Waals surface area (Å²) in [7, 11) is 4.18. The lowest BCUT2D eigenvalue weighted by Crippen LogP contribution is -2.65. The normalized spacial score (nSPS) is 40.4. The molecule has 3 heterocycles. The van der Waals surface area contributed by atoms with Crippen LogP contribution in [0.15, 0.2) is 0 Å². The van der Waals surface area contributed by atoms with E-state index in [2.05, 4.69) is 29.6 Å². The minimum absolute atomic E-state index is 0.214. The number of hydrogen-bond acceptors (Lipinski definition) is 9. The number of alkyl halides is 1. The molecule has 3 saturated heterocycles. The molecule has 0 bridgehead atoms. The Hall–Kier alpha value is -0.170. The van der Waals surface area contributed by atoms with Gasteiger partial charge < -0.3 is 40.3 Å². The molecule has 3 rings (SSSR count). The number of fused-ring (bicyclic) bond motifs is 1. The van der Waals surface area contributed by atoms with Crippen LogP contribution in [-0.2, 0) is 14.3 Å². The lowest BCUT2D eigenvalue weighted by molar-refractivity contribution is -0.205. The third-order valence-electron chi connectivity index (χ3n) is 7.36. The number of aliphatic hydroxyl groups excluding tert-OH is 3. The molecule has 2 unspecified atom stereocenters. The zero-order chi connectivity index (χ0) is 25.0. The third-order valence-corrected chi connectivity index (χ3v) is 8.49. The number of amides is 1. The van der Waals surface area contributed by atoms with Crippen molar-refractivity contribution in [2.24, 2.45) is 11.8 Å². The van der Waals surface area contributed by atoms with E-state index in [4.69, 9.17) is 21.1 Å². The van der Waals surface area contributed by atoms with Gasteiger partial charge in [0.1, 0.15) is 35.9 Å². The highest BCUT2D eigenvalue weighted by Gasteiger charge is 2.49. The van der Waals surface area contributed by atoms with Crippen LogP contribution >= 0.6 is 23.4 Å². The fourth-order valence-corrected chi connectivity index (χ4v) is 6.31. The van der Waals surface area contributed by atoms with Crippen molar-refractivity contribution >= 4 is 29.3 Å². The second-order valence-electron chi connectivity index (χ2n) is 10.2. The molecular formula is C23H42ClN3O6S. The molecule has 9 nitrogen and oxygen atoms in total. The van der Waals surface area contributed by atoms with Crippen LogP contribution in [0, 0.1) is 11.8 Å². The van der Waals surface area contributed by atoms with Crippen molar-refractivity contribution in [1.82, 2.24) is 15.5 Å². The van der Waals surface area contributed by atoms with Crippen LogP contribution in [0.25, 0.3) is 0 Å². The Morgan fingerprint density at radius 3 is 2.65 bits per heavy atom. The van der Waals surface area contributed by atoms with Gasteiger partial charge in [-0.3, -0.25) is 4.79 Å². The van der Waals surface area contributed by atoms with Crippen molar-refractivity contribution in [1.29, 1.82) is 0 Å². The minimum Gasteiger partial charge on any atom is -0.388 e. The smallest absolute Gasteiger partial charge is 0.240 e. The van der Waals surface area contributed by atoms with Gasteiger partial charge in [-0.05, 0) is 71.3 Å². The Kier molecular flexibility index (Phi) is 10.8. The molecule has 11 heteroatoms. The van der Waals surface area contributed by atoms with Crippen LogP contribution in [0.2, 0.25) is 0 Å². The van der Waals surface area contributed by atoms with Gasteiger partial charge in [-0.1, -0.05) is 0 Å². The van der Waals surface area contributed by atoms with Gasteiger partial charge in [0.2, 0.25) is 5.91 Å². The molecule has 0 spiro atoms. The summed E-state index contributed by atoms with van der Waals surface area (Å²) in [6.07, 6.45) is 0.925. The van der Waals surface area contributed by atoms with E-state index in [1.165, 1.54) is 11.8 Å². The predicted molar refractivity (Wildman–Crippen MR) is 133 cm³/mol. The van der Waals surface area contributed by atoms with Crippen LogP contribution in [-0.4, -0.2) is 120 Å². The molecule has 0 aromatic carbocycles. The zero-order valence-corrected chi connectivity index (χ0v) is 22.2. The van der Waals surface area contributed by atoms with E-state index in [1.807, 2.05) is 0 Å². The number of rotatable bonds is 9. The monoisotopic (exact) mass is 523 g/mol. The molecule has 3 fully saturated rings. The van der Waals surface area contributed by atoms with E-state index >= 15 is 0 Å². The van der Waals surface area contributed by atoms with Crippen LogP contribution < -0.4 is 10.6 Å². The quantitative estimate of drug-likeness (QED) is 0.265. The second kappa shape index (κ2) is 12.9. The Morgan fingerprint density at radius 1 is 1.26 bits per heavy atom. The molecule has 198 valence electrons. The van der Waals surface area contributed by atoms with Gasteiger partial charge in [0.15, 0.2) is 0 Å². The van der Waals surface area contributed by atoms with Gasteiger partial charge in [-0.15, -0.1) is 23.4 Å². The van der Waals surface area contributed by atoms with E-state index in [0.717, 1.165) is 38.8 Å². The predicted octanol–water partition coefficient (Wildman–Crippen LogP) is -0.00590. The molecule has 1 amide bonds. The van der Waals surface area contributed by atoms with Gasteiger partial charge in [-0.2, -0.15) is 0 Å². The molecule has 0 radical (unpaired) electrons. The van der Waals surface area contributed by atoms with Crippen molar-refractivity contribution in [2.45, 2.75) is 86.0 Å². The molecule has 3 aliphatic heterocycles. The number of carbonyl (C=O) groups is 1. The lowest BCUT2D eigenvalue weighted by atomic mass is 9.87. The molecule has 11 atom stereocenters. The first-order valence-electron chi connectivity index (χ1n) is 12.3. The van der Waals surface area contributed by atoms with Crippen LogP contribution in [0.1, 0.15) is 32.6 Å². The molecule has 5 N–H and O–H groups in total. The minimum atomic E-state index is -1.39. The number of halogens is 1. The van der Waals surface area contributed by atoms with Gasteiger partial charge in [0, 0.05) is 13.2 Å². The van der Waals surface area contributed by atoms with Crippen molar-refractivity contribution in [3.8, 4) is 0 Å². The number of hydrogen-bond donors (Lipinski definition) is 5. The topological polar surface area (TPSA) is 124 Å². The largest absolute Gasteiger partial charge is 0.388 e.